The summed E-state index contributed by atoms with van der Waals surface area (Å²) in [4.78, 5) is 18.5. The van der Waals surface area contributed by atoms with Gasteiger partial charge in [0.2, 0.25) is 0 Å². The number of fused-ring (bicyclic) bond motifs is 1. The first-order valence-corrected chi connectivity index (χ1v) is 5.09. The van der Waals surface area contributed by atoms with Gasteiger partial charge in [0.1, 0.15) is 11.3 Å². The van der Waals surface area contributed by atoms with E-state index in [0.29, 0.717) is 10.3 Å². The fourth-order valence-corrected chi connectivity index (χ4v) is 1.69. The SMILES string of the molecule is S=c1nc[nH]c2nc(-c3cccnc3)[nH]c12. The number of nitrogens with one attached hydrogen (secondary N) is 2. The molecular formula is C10H7N5S. The van der Waals surface area contributed by atoms with Gasteiger partial charge in [-0.25, -0.2) is 9.97 Å². The molecule has 0 spiro atoms. The van der Waals surface area contributed by atoms with Crippen LogP contribution < -0.4 is 0 Å². The highest BCUT2D eigenvalue weighted by Gasteiger charge is 2.06. The number of nitrogens with zero attached hydrogens (tertiary/aromatic N) is 3. The molecule has 3 rings (SSSR count). The van der Waals surface area contributed by atoms with Crippen molar-refractivity contribution in [2.45, 2.75) is 0 Å². The van der Waals surface area contributed by atoms with Crippen LogP contribution in [0.15, 0.2) is 30.9 Å². The van der Waals surface area contributed by atoms with E-state index in [0.717, 1.165) is 16.9 Å². The fraction of sp³-hybridized carbons (Fsp3) is 0. The standard InChI is InChI=1S/C10H7N5S/c16-10-7-9(12-5-13-10)15-8(14-7)6-2-1-3-11-4-6/h1-5H,(H2,12,13,14,15,16). The van der Waals surface area contributed by atoms with Crippen LogP contribution in [0, 0.1) is 4.64 Å². The van der Waals surface area contributed by atoms with Crippen molar-refractivity contribution in [2.24, 2.45) is 0 Å². The van der Waals surface area contributed by atoms with Crippen molar-refractivity contribution >= 4 is 23.4 Å². The summed E-state index contributed by atoms with van der Waals surface area (Å²) < 4.78 is 0.511. The van der Waals surface area contributed by atoms with E-state index in [-0.39, 0.29) is 0 Å². The van der Waals surface area contributed by atoms with E-state index in [2.05, 4.69) is 24.9 Å². The Morgan fingerprint density at radius 2 is 2.25 bits per heavy atom. The van der Waals surface area contributed by atoms with E-state index >= 15 is 0 Å². The van der Waals surface area contributed by atoms with Gasteiger partial charge in [-0.2, -0.15) is 0 Å². The second-order valence-corrected chi connectivity index (χ2v) is 3.65. The summed E-state index contributed by atoms with van der Waals surface area (Å²) in [6.45, 7) is 0. The lowest BCUT2D eigenvalue weighted by Crippen LogP contribution is -1.80. The third kappa shape index (κ3) is 1.40. The predicted molar refractivity (Wildman–Crippen MR) is 62.3 cm³/mol. The third-order valence-electron chi connectivity index (χ3n) is 2.24. The van der Waals surface area contributed by atoms with Crippen LogP contribution in [0.5, 0.6) is 0 Å². The zero-order valence-electron chi connectivity index (χ0n) is 8.14. The average molecular weight is 229 g/mol. The smallest absolute Gasteiger partial charge is 0.160 e. The van der Waals surface area contributed by atoms with Crippen molar-refractivity contribution in [2.75, 3.05) is 0 Å². The van der Waals surface area contributed by atoms with Crippen molar-refractivity contribution in [1.29, 1.82) is 0 Å². The van der Waals surface area contributed by atoms with Gasteiger partial charge < -0.3 is 9.97 Å². The van der Waals surface area contributed by atoms with E-state index in [4.69, 9.17) is 12.2 Å². The topological polar surface area (TPSA) is 70.2 Å². The highest BCUT2D eigenvalue weighted by molar-refractivity contribution is 7.71. The van der Waals surface area contributed by atoms with Gasteiger partial charge in [0.15, 0.2) is 10.3 Å². The molecule has 0 aliphatic heterocycles. The molecular weight excluding hydrogens is 222 g/mol. The van der Waals surface area contributed by atoms with Crippen LogP contribution in [0.1, 0.15) is 0 Å². The van der Waals surface area contributed by atoms with Gasteiger partial charge in [-0.15, -0.1) is 0 Å². The Morgan fingerprint density at radius 3 is 3.00 bits per heavy atom. The maximum Gasteiger partial charge on any atom is 0.160 e. The molecule has 0 saturated heterocycles. The number of imidazole rings is 1. The molecule has 0 amide bonds. The average Bonchev–Trinajstić information content (AvgIpc) is 2.76. The number of H-pyrrole nitrogens is 2. The molecule has 3 aromatic rings. The minimum Gasteiger partial charge on any atom is -0.334 e. The zero-order valence-corrected chi connectivity index (χ0v) is 8.95. The van der Waals surface area contributed by atoms with Crippen LogP contribution in [-0.4, -0.2) is 24.9 Å². The van der Waals surface area contributed by atoms with E-state index in [1.54, 1.807) is 18.7 Å². The monoisotopic (exact) mass is 229 g/mol. The van der Waals surface area contributed by atoms with Crippen LogP contribution in [0.25, 0.3) is 22.6 Å². The summed E-state index contributed by atoms with van der Waals surface area (Å²) in [6.07, 6.45) is 5.01. The van der Waals surface area contributed by atoms with Crippen LogP contribution in [0.4, 0.5) is 0 Å². The summed E-state index contributed by atoms with van der Waals surface area (Å²) in [5.74, 6) is 0.735. The molecule has 0 radical (unpaired) electrons. The predicted octanol–water partition coefficient (Wildman–Crippen LogP) is 2.08. The molecule has 0 bridgehead atoms. The minimum absolute atomic E-state index is 0.511. The molecule has 78 valence electrons. The molecule has 0 aromatic carbocycles. The highest BCUT2D eigenvalue weighted by atomic mass is 32.1. The fourth-order valence-electron chi connectivity index (χ4n) is 1.49. The second kappa shape index (κ2) is 3.49. The van der Waals surface area contributed by atoms with Crippen molar-refractivity contribution < 1.29 is 0 Å². The van der Waals surface area contributed by atoms with Gasteiger partial charge in [-0.05, 0) is 12.1 Å². The molecule has 6 heteroatoms. The molecule has 2 N–H and O–H groups in total. The van der Waals surface area contributed by atoms with Crippen LogP contribution in [-0.2, 0) is 0 Å². The van der Waals surface area contributed by atoms with Gasteiger partial charge in [-0.1, -0.05) is 12.2 Å². The van der Waals surface area contributed by atoms with Crippen molar-refractivity contribution in [3.63, 3.8) is 0 Å². The number of hydrogen-bond donors (Lipinski definition) is 2. The van der Waals surface area contributed by atoms with Gasteiger partial charge >= 0.3 is 0 Å². The van der Waals surface area contributed by atoms with E-state index in [9.17, 15) is 0 Å². The Balaban J connectivity index is 2.28. The summed E-state index contributed by atoms with van der Waals surface area (Å²) in [5, 5.41) is 0. The van der Waals surface area contributed by atoms with Crippen LogP contribution in [0.2, 0.25) is 0 Å². The normalized spacial score (nSPS) is 10.8. The lowest BCUT2D eigenvalue weighted by Gasteiger charge is -1.92. The highest BCUT2D eigenvalue weighted by Crippen LogP contribution is 2.17. The molecule has 16 heavy (non-hydrogen) atoms. The first-order valence-electron chi connectivity index (χ1n) is 4.68. The van der Waals surface area contributed by atoms with Crippen molar-refractivity contribution in [3.8, 4) is 11.4 Å². The second-order valence-electron chi connectivity index (χ2n) is 3.26. The first kappa shape index (κ1) is 9.17. The summed E-state index contributed by atoms with van der Waals surface area (Å²) in [6, 6.07) is 3.79. The minimum atomic E-state index is 0.511. The maximum atomic E-state index is 5.10. The number of hydrogen-bond acceptors (Lipinski definition) is 4. The molecule has 0 aliphatic carbocycles. The van der Waals surface area contributed by atoms with Crippen molar-refractivity contribution in [3.05, 3.63) is 35.5 Å². The van der Waals surface area contributed by atoms with E-state index in [1.807, 2.05) is 12.1 Å². The summed E-state index contributed by atoms with van der Waals surface area (Å²) >= 11 is 5.10. The van der Waals surface area contributed by atoms with Gasteiger partial charge in [0.25, 0.3) is 0 Å². The Hall–Kier alpha value is -2.08. The maximum absolute atomic E-state index is 5.10. The number of aromatic amines is 2. The van der Waals surface area contributed by atoms with Gasteiger partial charge in [-0.3, -0.25) is 4.98 Å². The molecule has 0 atom stereocenters. The van der Waals surface area contributed by atoms with Crippen LogP contribution in [0.3, 0.4) is 0 Å². The molecule has 0 saturated carbocycles. The summed E-state index contributed by atoms with van der Waals surface area (Å²) in [5.41, 5.74) is 2.37. The molecule has 5 nitrogen and oxygen atoms in total. The van der Waals surface area contributed by atoms with Crippen molar-refractivity contribution in [1.82, 2.24) is 24.9 Å². The molecule has 3 aromatic heterocycles. The number of pyridine rings is 1. The van der Waals surface area contributed by atoms with E-state index < -0.39 is 0 Å². The Labute approximate surface area is 95.6 Å². The Morgan fingerprint density at radius 1 is 1.31 bits per heavy atom. The molecule has 0 fully saturated rings. The largest absolute Gasteiger partial charge is 0.334 e. The van der Waals surface area contributed by atoms with E-state index in [1.165, 1.54) is 0 Å². The molecule has 0 unspecified atom stereocenters. The van der Waals surface area contributed by atoms with Gasteiger partial charge in [0.05, 0.1) is 6.33 Å². The quantitative estimate of drug-likeness (QED) is 0.627. The number of aromatic nitrogens is 5. The van der Waals surface area contributed by atoms with Gasteiger partial charge in [0, 0.05) is 18.0 Å². The number of rotatable bonds is 1. The third-order valence-corrected chi connectivity index (χ3v) is 2.55. The molecule has 0 aliphatic rings. The Kier molecular flexibility index (Phi) is 2.00. The lowest BCUT2D eigenvalue weighted by atomic mass is 10.3. The lowest BCUT2D eigenvalue weighted by molar-refractivity contribution is 1.18. The first-order chi connectivity index (χ1) is 7.84. The zero-order chi connectivity index (χ0) is 11.0. The summed E-state index contributed by atoms with van der Waals surface area (Å²) in [7, 11) is 0. The molecule has 3 heterocycles. The van der Waals surface area contributed by atoms with Crippen LogP contribution >= 0.6 is 12.2 Å². The Bertz CT molecular complexity index is 685.